The van der Waals surface area contributed by atoms with Gasteiger partial charge in [0.1, 0.15) is 16.6 Å². The second kappa shape index (κ2) is 5.44. The number of nitrogens with zero attached hydrogens (tertiary/aromatic N) is 2. The summed E-state index contributed by atoms with van der Waals surface area (Å²) >= 11 is 3.00. The van der Waals surface area contributed by atoms with E-state index in [1.165, 1.54) is 23.5 Å². The predicted molar refractivity (Wildman–Crippen MR) is 69.2 cm³/mol. The Morgan fingerprint density at radius 1 is 1.41 bits per heavy atom. The Morgan fingerprint density at radius 2 is 2.24 bits per heavy atom. The van der Waals surface area contributed by atoms with Crippen LogP contribution in [0, 0.1) is 6.92 Å². The lowest BCUT2D eigenvalue weighted by molar-refractivity contribution is 0.527. The SMILES string of the molecule is CSc1nc(NN)cc(Sc2ccoc2C)n1. The minimum Gasteiger partial charge on any atom is -0.468 e. The average molecular weight is 268 g/mol. The van der Waals surface area contributed by atoms with E-state index in [9.17, 15) is 0 Å². The zero-order valence-electron chi connectivity index (χ0n) is 9.43. The highest BCUT2D eigenvalue weighted by Gasteiger charge is 2.08. The van der Waals surface area contributed by atoms with Crippen LogP contribution in [0.4, 0.5) is 5.82 Å². The van der Waals surface area contributed by atoms with Crippen LogP contribution in [0.2, 0.25) is 0 Å². The van der Waals surface area contributed by atoms with E-state index in [4.69, 9.17) is 10.3 Å². The lowest BCUT2D eigenvalue weighted by Gasteiger charge is -2.05. The third kappa shape index (κ3) is 2.93. The van der Waals surface area contributed by atoms with E-state index in [2.05, 4.69) is 15.4 Å². The Kier molecular flexibility index (Phi) is 3.93. The number of nitrogen functional groups attached to an aromatic ring is 1. The van der Waals surface area contributed by atoms with Gasteiger partial charge in [-0.2, -0.15) is 0 Å². The molecule has 3 N–H and O–H groups in total. The molecule has 0 saturated heterocycles. The number of hydrogen-bond acceptors (Lipinski definition) is 7. The number of furan rings is 1. The lowest BCUT2D eigenvalue weighted by atomic mass is 10.5. The molecule has 7 heteroatoms. The molecular weight excluding hydrogens is 256 g/mol. The van der Waals surface area contributed by atoms with Crippen LogP contribution in [0.3, 0.4) is 0 Å². The number of nitrogens with two attached hydrogens (primary N) is 1. The fourth-order valence-corrected chi connectivity index (χ4v) is 2.49. The highest BCUT2D eigenvalue weighted by Crippen LogP contribution is 2.31. The summed E-state index contributed by atoms with van der Waals surface area (Å²) < 4.78 is 5.24. The number of hydrazine groups is 1. The van der Waals surface area contributed by atoms with Crippen LogP contribution in [0.1, 0.15) is 5.76 Å². The first-order chi connectivity index (χ1) is 8.22. The Morgan fingerprint density at radius 3 is 2.82 bits per heavy atom. The molecule has 2 heterocycles. The van der Waals surface area contributed by atoms with Crippen LogP contribution in [0.15, 0.2) is 37.9 Å². The van der Waals surface area contributed by atoms with E-state index in [-0.39, 0.29) is 0 Å². The Hall–Kier alpha value is -1.18. The van der Waals surface area contributed by atoms with Crippen molar-refractivity contribution in [2.24, 2.45) is 5.84 Å². The molecule has 0 aliphatic heterocycles. The van der Waals surface area contributed by atoms with Crippen molar-refractivity contribution in [3.8, 4) is 0 Å². The van der Waals surface area contributed by atoms with Gasteiger partial charge in [-0.25, -0.2) is 15.8 Å². The summed E-state index contributed by atoms with van der Waals surface area (Å²) in [4.78, 5) is 9.63. The van der Waals surface area contributed by atoms with Gasteiger partial charge in [0, 0.05) is 6.07 Å². The molecule has 0 spiro atoms. The first-order valence-corrected chi connectivity index (χ1v) is 6.88. The summed E-state index contributed by atoms with van der Waals surface area (Å²) in [6.45, 7) is 1.92. The summed E-state index contributed by atoms with van der Waals surface area (Å²) in [6.07, 6.45) is 3.59. The summed E-state index contributed by atoms with van der Waals surface area (Å²) in [5.74, 6) is 6.85. The van der Waals surface area contributed by atoms with Crippen LogP contribution in [-0.2, 0) is 0 Å². The normalized spacial score (nSPS) is 10.5. The summed E-state index contributed by atoms with van der Waals surface area (Å²) in [7, 11) is 0. The molecule has 0 aromatic carbocycles. The van der Waals surface area contributed by atoms with E-state index < -0.39 is 0 Å². The van der Waals surface area contributed by atoms with E-state index in [0.29, 0.717) is 11.0 Å². The number of aromatic nitrogens is 2. The van der Waals surface area contributed by atoms with Gasteiger partial charge in [-0.1, -0.05) is 23.5 Å². The zero-order valence-corrected chi connectivity index (χ0v) is 11.1. The highest BCUT2D eigenvalue weighted by molar-refractivity contribution is 7.99. The van der Waals surface area contributed by atoms with E-state index in [0.717, 1.165) is 15.7 Å². The van der Waals surface area contributed by atoms with E-state index in [1.807, 2.05) is 19.2 Å². The second-order valence-electron chi connectivity index (χ2n) is 3.17. The molecule has 0 unspecified atom stereocenters. The molecule has 2 rings (SSSR count). The molecule has 0 fully saturated rings. The summed E-state index contributed by atoms with van der Waals surface area (Å²) in [5.41, 5.74) is 2.54. The van der Waals surface area contributed by atoms with Crippen molar-refractivity contribution in [1.82, 2.24) is 9.97 Å². The van der Waals surface area contributed by atoms with Crippen molar-refractivity contribution in [2.75, 3.05) is 11.7 Å². The monoisotopic (exact) mass is 268 g/mol. The van der Waals surface area contributed by atoms with Gasteiger partial charge >= 0.3 is 0 Å². The predicted octanol–water partition coefficient (Wildman–Crippen LogP) is 2.54. The number of nitrogens with one attached hydrogen (secondary N) is 1. The molecular formula is C10H12N4OS2. The molecule has 0 radical (unpaired) electrons. The Labute approximate surface area is 108 Å². The van der Waals surface area contributed by atoms with Gasteiger partial charge in [0.25, 0.3) is 0 Å². The average Bonchev–Trinajstić information content (AvgIpc) is 2.74. The molecule has 0 aliphatic rings. The Balaban J connectivity index is 2.29. The standard InChI is InChI=1S/C10H12N4OS2/c1-6-7(3-4-15-6)17-9-5-8(14-11)12-10(13-9)16-2/h3-5H,11H2,1-2H3,(H,12,13,14). The third-order valence-corrected chi connectivity index (χ3v) is 3.65. The minimum absolute atomic E-state index is 0.605. The van der Waals surface area contributed by atoms with Crippen LogP contribution in [-0.4, -0.2) is 16.2 Å². The molecule has 5 nitrogen and oxygen atoms in total. The highest BCUT2D eigenvalue weighted by atomic mass is 32.2. The Bertz CT molecular complexity index is 493. The molecule has 0 atom stereocenters. The first kappa shape index (κ1) is 12.3. The maximum atomic E-state index is 5.37. The number of anilines is 1. The van der Waals surface area contributed by atoms with Crippen molar-refractivity contribution in [3.05, 3.63) is 24.2 Å². The van der Waals surface area contributed by atoms with Crippen LogP contribution in [0.25, 0.3) is 0 Å². The van der Waals surface area contributed by atoms with Gasteiger partial charge < -0.3 is 9.84 Å². The van der Waals surface area contributed by atoms with Crippen molar-refractivity contribution in [1.29, 1.82) is 0 Å². The molecule has 0 amide bonds. The number of hydrogen-bond donors (Lipinski definition) is 2. The number of rotatable bonds is 4. The molecule has 2 aromatic rings. The van der Waals surface area contributed by atoms with E-state index >= 15 is 0 Å². The smallest absolute Gasteiger partial charge is 0.190 e. The van der Waals surface area contributed by atoms with Crippen molar-refractivity contribution >= 4 is 29.3 Å². The molecule has 17 heavy (non-hydrogen) atoms. The maximum Gasteiger partial charge on any atom is 0.190 e. The molecule has 0 aliphatic carbocycles. The van der Waals surface area contributed by atoms with Crippen LogP contribution >= 0.6 is 23.5 Å². The maximum absolute atomic E-state index is 5.37. The van der Waals surface area contributed by atoms with E-state index in [1.54, 1.807) is 12.3 Å². The summed E-state index contributed by atoms with van der Waals surface area (Å²) in [5, 5.41) is 1.52. The fourth-order valence-electron chi connectivity index (χ4n) is 1.21. The van der Waals surface area contributed by atoms with Crippen LogP contribution in [0.5, 0.6) is 0 Å². The van der Waals surface area contributed by atoms with Crippen molar-refractivity contribution in [3.63, 3.8) is 0 Å². The minimum atomic E-state index is 0.605. The molecule has 2 aromatic heterocycles. The van der Waals surface area contributed by atoms with Crippen LogP contribution < -0.4 is 11.3 Å². The fraction of sp³-hybridized carbons (Fsp3) is 0.200. The van der Waals surface area contributed by atoms with Gasteiger partial charge in [0.2, 0.25) is 0 Å². The topological polar surface area (TPSA) is 77.0 Å². The van der Waals surface area contributed by atoms with Crippen molar-refractivity contribution < 1.29 is 4.42 Å². The van der Waals surface area contributed by atoms with Gasteiger partial charge in [0.15, 0.2) is 5.16 Å². The van der Waals surface area contributed by atoms with Gasteiger partial charge in [-0.05, 0) is 19.2 Å². The molecule has 0 bridgehead atoms. The third-order valence-electron chi connectivity index (χ3n) is 2.04. The molecule has 0 saturated carbocycles. The number of aryl methyl sites for hydroxylation is 1. The zero-order chi connectivity index (χ0) is 12.3. The quantitative estimate of drug-likeness (QED) is 0.290. The van der Waals surface area contributed by atoms with Gasteiger partial charge in [-0.3, -0.25) is 0 Å². The van der Waals surface area contributed by atoms with Crippen molar-refractivity contribution in [2.45, 2.75) is 22.0 Å². The molecule has 90 valence electrons. The summed E-state index contributed by atoms with van der Waals surface area (Å²) in [6, 6.07) is 3.72. The first-order valence-electron chi connectivity index (χ1n) is 4.84. The number of thioether (sulfide) groups is 1. The lowest BCUT2D eigenvalue weighted by Crippen LogP contribution is -2.09. The van der Waals surface area contributed by atoms with Gasteiger partial charge in [-0.15, -0.1) is 0 Å². The second-order valence-corrected chi connectivity index (χ2v) is 5.00. The largest absolute Gasteiger partial charge is 0.468 e. The van der Waals surface area contributed by atoms with Gasteiger partial charge in [0.05, 0.1) is 11.2 Å².